The van der Waals surface area contributed by atoms with E-state index < -0.39 is 12.0 Å². The smallest absolute Gasteiger partial charge is 0.262 e. The predicted molar refractivity (Wildman–Crippen MR) is 95.8 cm³/mol. The second kappa shape index (κ2) is 6.53. The molecule has 2 aliphatic heterocycles. The fourth-order valence-corrected chi connectivity index (χ4v) is 3.72. The molecule has 2 saturated heterocycles. The van der Waals surface area contributed by atoms with Gasteiger partial charge in [-0.25, -0.2) is 5.06 Å². The molecule has 3 heterocycles. The molecule has 0 unspecified atom stereocenters. The van der Waals surface area contributed by atoms with Crippen LogP contribution in [0.5, 0.6) is 0 Å². The van der Waals surface area contributed by atoms with Crippen LogP contribution in [0.3, 0.4) is 0 Å². The zero-order chi connectivity index (χ0) is 18.3. The van der Waals surface area contributed by atoms with Gasteiger partial charge >= 0.3 is 0 Å². The highest BCUT2D eigenvalue weighted by atomic mass is 16.7. The second-order valence-electron chi connectivity index (χ2n) is 7.12. The van der Waals surface area contributed by atoms with Gasteiger partial charge in [-0.3, -0.25) is 24.3 Å². The van der Waals surface area contributed by atoms with E-state index in [4.69, 9.17) is 4.84 Å². The minimum atomic E-state index is -0.778. The lowest BCUT2D eigenvalue weighted by atomic mass is 9.91. The van der Waals surface area contributed by atoms with Gasteiger partial charge in [0.1, 0.15) is 5.92 Å². The number of para-hydroxylation sites is 1. The molecule has 134 valence electrons. The van der Waals surface area contributed by atoms with Crippen LogP contribution in [0.1, 0.15) is 25.5 Å². The average molecular weight is 351 g/mol. The summed E-state index contributed by atoms with van der Waals surface area (Å²) < 4.78 is 0. The highest BCUT2D eigenvalue weighted by Crippen LogP contribution is 2.46. The van der Waals surface area contributed by atoms with Crippen LogP contribution >= 0.6 is 0 Å². The Bertz CT molecular complexity index is 810. The van der Waals surface area contributed by atoms with Gasteiger partial charge in [0.15, 0.2) is 6.10 Å². The number of fused-ring (bicyclic) bond motifs is 1. The van der Waals surface area contributed by atoms with E-state index in [9.17, 15) is 9.59 Å². The van der Waals surface area contributed by atoms with Crippen molar-refractivity contribution in [2.45, 2.75) is 26.0 Å². The van der Waals surface area contributed by atoms with Gasteiger partial charge < -0.3 is 0 Å². The van der Waals surface area contributed by atoms with E-state index in [-0.39, 0.29) is 23.8 Å². The molecule has 3 atom stereocenters. The minimum Gasteiger partial charge on any atom is -0.280 e. The number of amides is 2. The van der Waals surface area contributed by atoms with Crippen molar-refractivity contribution in [2.75, 3.05) is 11.6 Å². The summed E-state index contributed by atoms with van der Waals surface area (Å²) >= 11 is 0. The Morgan fingerprint density at radius 1 is 1.04 bits per heavy atom. The van der Waals surface area contributed by atoms with Crippen molar-refractivity contribution in [3.63, 3.8) is 0 Å². The normalized spacial score (nSPS) is 25.3. The SMILES string of the molecule is CC(C)CN1C(=O)[C@@H]2[C@@H](ON(c3ccccc3)[C@H]2c2ccncc2)C1=O. The Morgan fingerprint density at radius 2 is 1.73 bits per heavy atom. The fourth-order valence-electron chi connectivity index (χ4n) is 3.72. The number of pyridine rings is 1. The van der Waals surface area contributed by atoms with E-state index in [2.05, 4.69) is 4.98 Å². The monoisotopic (exact) mass is 351 g/mol. The molecule has 6 heteroatoms. The molecule has 0 bridgehead atoms. The first-order chi connectivity index (χ1) is 12.6. The number of carbonyl (C=O) groups is 2. The number of likely N-dealkylation sites (tertiary alicyclic amines) is 1. The predicted octanol–water partition coefficient (Wildman–Crippen LogP) is 2.58. The first-order valence-corrected chi connectivity index (χ1v) is 8.84. The summed E-state index contributed by atoms with van der Waals surface area (Å²) in [6, 6.07) is 12.9. The lowest BCUT2D eigenvalue weighted by Crippen LogP contribution is -2.39. The number of carbonyl (C=O) groups excluding carboxylic acids is 2. The highest BCUT2D eigenvalue weighted by molar-refractivity contribution is 6.07. The standard InChI is InChI=1S/C20H21N3O3/c1-13(2)12-22-19(24)16-17(14-8-10-21-11-9-14)23(26-18(16)20(22)25)15-6-4-3-5-7-15/h3-11,13,16-18H,12H2,1-2H3/t16-,17-,18+/m0/s1. The van der Waals surface area contributed by atoms with Gasteiger partial charge in [0.05, 0.1) is 11.7 Å². The zero-order valence-corrected chi connectivity index (χ0v) is 14.8. The van der Waals surface area contributed by atoms with Crippen molar-refractivity contribution in [2.24, 2.45) is 11.8 Å². The third-order valence-electron chi connectivity index (χ3n) is 4.81. The van der Waals surface area contributed by atoms with E-state index in [1.807, 2.05) is 56.3 Å². The number of hydrogen-bond acceptors (Lipinski definition) is 5. The van der Waals surface area contributed by atoms with Gasteiger partial charge in [0.2, 0.25) is 5.91 Å². The van der Waals surface area contributed by atoms with Crippen molar-refractivity contribution in [1.29, 1.82) is 0 Å². The molecule has 0 radical (unpaired) electrons. The highest BCUT2D eigenvalue weighted by Gasteiger charge is 2.59. The van der Waals surface area contributed by atoms with Gasteiger partial charge in [0, 0.05) is 18.9 Å². The van der Waals surface area contributed by atoms with E-state index in [0.29, 0.717) is 6.54 Å². The molecule has 0 spiro atoms. The molecule has 1 aromatic heterocycles. The molecule has 2 aromatic rings. The van der Waals surface area contributed by atoms with Crippen LogP contribution in [0.25, 0.3) is 0 Å². The molecule has 6 nitrogen and oxygen atoms in total. The van der Waals surface area contributed by atoms with Gasteiger partial charge in [-0.05, 0) is 35.7 Å². The lowest BCUT2D eigenvalue weighted by molar-refractivity contribution is -0.143. The van der Waals surface area contributed by atoms with Crippen LogP contribution in [0.2, 0.25) is 0 Å². The van der Waals surface area contributed by atoms with Gasteiger partial charge in [-0.2, -0.15) is 0 Å². The van der Waals surface area contributed by atoms with E-state index >= 15 is 0 Å². The molecule has 0 aliphatic carbocycles. The quantitative estimate of drug-likeness (QED) is 0.793. The number of anilines is 1. The Balaban J connectivity index is 1.75. The number of nitrogens with zero attached hydrogens (tertiary/aromatic N) is 3. The van der Waals surface area contributed by atoms with Gasteiger partial charge in [0.25, 0.3) is 5.91 Å². The summed E-state index contributed by atoms with van der Waals surface area (Å²) in [5.74, 6) is -0.740. The Labute approximate surface area is 152 Å². The second-order valence-corrected chi connectivity index (χ2v) is 7.12. The van der Waals surface area contributed by atoms with Crippen molar-refractivity contribution < 1.29 is 14.4 Å². The van der Waals surface area contributed by atoms with Gasteiger partial charge in [-0.15, -0.1) is 0 Å². The molecule has 0 N–H and O–H groups in total. The summed E-state index contributed by atoms with van der Waals surface area (Å²) in [7, 11) is 0. The van der Waals surface area contributed by atoms with Crippen LogP contribution < -0.4 is 5.06 Å². The fraction of sp³-hybridized carbons (Fsp3) is 0.350. The molecular weight excluding hydrogens is 330 g/mol. The molecule has 0 saturated carbocycles. The first kappa shape index (κ1) is 16.7. The largest absolute Gasteiger partial charge is 0.280 e. The van der Waals surface area contributed by atoms with Crippen LogP contribution in [-0.2, 0) is 14.4 Å². The van der Waals surface area contributed by atoms with E-state index in [0.717, 1.165) is 11.3 Å². The number of imide groups is 1. The minimum absolute atomic E-state index is 0.158. The molecule has 2 fully saturated rings. The maximum Gasteiger partial charge on any atom is 0.262 e. The number of aromatic nitrogens is 1. The van der Waals surface area contributed by atoms with Crippen LogP contribution in [0, 0.1) is 11.8 Å². The Morgan fingerprint density at radius 3 is 2.38 bits per heavy atom. The van der Waals surface area contributed by atoms with Crippen molar-refractivity contribution in [3.05, 3.63) is 60.4 Å². The zero-order valence-electron chi connectivity index (χ0n) is 14.8. The molecule has 2 amide bonds. The Hall–Kier alpha value is -2.73. The van der Waals surface area contributed by atoms with Crippen LogP contribution in [0.4, 0.5) is 5.69 Å². The maximum atomic E-state index is 13.1. The number of benzene rings is 1. The molecule has 4 rings (SSSR count). The van der Waals surface area contributed by atoms with Crippen molar-refractivity contribution in [3.8, 4) is 0 Å². The molecule has 26 heavy (non-hydrogen) atoms. The van der Waals surface area contributed by atoms with Crippen LogP contribution in [0.15, 0.2) is 54.9 Å². The third kappa shape index (κ3) is 2.66. The van der Waals surface area contributed by atoms with E-state index in [1.165, 1.54) is 4.90 Å². The summed E-state index contributed by atoms with van der Waals surface area (Å²) in [5.41, 5.74) is 1.73. The lowest BCUT2D eigenvalue weighted by Gasteiger charge is -2.29. The van der Waals surface area contributed by atoms with Crippen molar-refractivity contribution in [1.82, 2.24) is 9.88 Å². The maximum absolute atomic E-state index is 13.1. The number of hydroxylamine groups is 1. The summed E-state index contributed by atoms with van der Waals surface area (Å²) in [5, 5.41) is 1.70. The first-order valence-electron chi connectivity index (χ1n) is 8.84. The van der Waals surface area contributed by atoms with Crippen LogP contribution in [-0.4, -0.2) is 34.3 Å². The summed E-state index contributed by atoms with van der Waals surface area (Å²) in [6.45, 7) is 4.40. The van der Waals surface area contributed by atoms with Crippen molar-refractivity contribution >= 4 is 17.5 Å². The molecule has 1 aromatic carbocycles. The Kier molecular flexibility index (Phi) is 4.20. The summed E-state index contributed by atoms with van der Waals surface area (Å²) in [4.78, 5) is 37.4. The van der Waals surface area contributed by atoms with Gasteiger partial charge in [-0.1, -0.05) is 32.0 Å². The average Bonchev–Trinajstić information content (AvgIpc) is 3.15. The topological polar surface area (TPSA) is 62.7 Å². The third-order valence-corrected chi connectivity index (χ3v) is 4.81. The number of rotatable bonds is 4. The molecule has 2 aliphatic rings. The summed E-state index contributed by atoms with van der Waals surface area (Å²) in [6.07, 6.45) is 2.61. The van der Waals surface area contributed by atoms with E-state index in [1.54, 1.807) is 17.5 Å². The number of hydrogen-bond donors (Lipinski definition) is 0. The molecular formula is C20H21N3O3.